The first-order chi connectivity index (χ1) is 17.5. The number of benzene rings is 2. The summed E-state index contributed by atoms with van der Waals surface area (Å²) >= 11 is 0. The second-order valence-electron chi connectivity index (χ2n) is 9.74. The van der Waals surface area contributed by atoms with Crippen LogP contribution in [0.3, 0.4) is 0 Å². The molecule has 4 heterocycles. The summed E-state index contributed by atoms with van der Waals surface area (Å²) in [6.07, 6.45) is 5.48. The molecule has 0 atom stereocenters. The zero-order valence-corrected chi connectivity index (χ0v) is 19.7. The Kier molecular flexibility index (Phi) is 5.59. The minimum absolute atomic E-state index is 0.00749. The van der Waals surface area contributed by atoms with Gasteiger partial charge in [-0.05, 0) is 73.2 Å². The highest BCUT2D eigenvalue weighted by molar-refractivity contribution is 5.99. The molecule has 2 saturated heterocycles. The van der Waals surface area contributed by atoms with E-state index < -0.39 is 11.6 Å². The van der Waals surface area contributed by atoms with Gasteiger partial charge in [0.25, 0.3) is 11.8 Å². The Labute approximate surface area is 207 Å². The molecule has 0 aliphatic carbocycles. The van der Waals surface area contributed by atoms with Gasteiger partial charge in [0, 0.05) is 61.3 Å². The molecule has 0 unspecified atom stereocenters. The fourth-order valence-corrected chi connectivity index (χ4v) is 5.50. The lowest BCUT2D eigenvalue weighted by atomic mass is 9.79. The van der Waals surface area contributed by atoms with Crippen molar-refractivity contribution < 1.29 is 18.4 Å². The minimum atomic E-state index is -0.897. The Bertz CT molecular complexity index is 1430. The number of carbonyl (C=O) groups excluding carboxylic acids is 2. The molecule has 2 amide bonds. The summed E-state index contributed by atoms with van der Waals surface area (Å²) < 4.78 is 28.8. The van der Waals surface area contributed by atoms with Crippen molar-refractivity contribution in [2.75, 3.05) is 26.2 Å². The molecule has 0 spiro atoms. The maximum Gasteiger partial charge on any atom is 0.270 e. The smallest absolute Gasteiger partial charge is 0.270 e. The monoisotopic (exact) mass is 488 g/mol. The summed E-state index contributed by atoms with van der Waals surface area (Å²) in [4.78, 5) is 32.4. The number of nitrogens with zero attached hydrogens (tertiary/aromatic N) is 3. The Morgan fingerprint density at radius 3 is 2.36 bits per heavy atom. The lowest BCUT2D eigenvalue weighted by molar-refractivity contribution is 0.0227. The van der Waals surface area contributed by atoms with Crippen molar-refractivity contribution in [1.82, 2.24) is 19.4 Å². The summed E-state index contributed by atoms with van der Waals surface area (Å²) in [6.45, 7) is 2.97. The first-order valence-electron chi connectivity index (χ1n) is 12.3. The van der Waals surface area contributed by atoms with Crippen LogP contribution in [0.2, 0.25) is 0 Å². The van der Waals surface area contributed by atoms with E-state index in [1.165, 1.54) is 6.07 Å². The van der Waals surface area contributed by atoms with E-state index in [-0.39, 0.29) is 11.8 Å². The number of nitrogens with one attached hydrogen (secondary N) is 1. The number of aromatic amines is 1. The van der Waals surface area contributed by atoms with Gasteiger partial charge in [-0.25, -0.2) is 8.78 Å². The molecule has 2 aliphatic heterocycles. The van der Waals surface area contributed by atoms with E-state index in [2.05, 4.69) is 4.98 Å². The predicted octanol–water partition coefficient (Wildman–Crippen LogP) is 4.86. The van der Waals surface area contributed by atoms with Gasteiger partial charge in [-0.2, -0.15) is 0 Å². The minimum Gasteiger partial charge on any atom is -0.357 e. The number of aromatic nitrogens is 2. The fourth-order valence-electron chi connectivity index (χ4n) is 5.50. The van der Waals surface area contributed by atoms with Crippen molar-refractivity contribution in [3.63, 3.8) is 0 Å². The van der Waals surface area contributed by atoms with Gasteiger partial charge in [-0.1, -0.05) is 0 Å². The molecule has 184 valence electrons. The molecule has 2 aromatic heterocycles. The summed E-state index contributed by atoms with van der Waals surface area (Å²) in [6, 6.07) is 14.8. The normalized spacial score (nSPS) is 16.9. The number of piperidine rings is 1. The number of halogens is 2. The van der Waals surface area contributed by atoms with Crippen LogP contribution in [0.25, 0.3) is 16.6 Å². The maximum absolute atomic E-state index is 13.7. The number of rotatable bonds is 4. The van der Waals surface area contributed by atoms with Gasteiger partial charge < -0.3 is 19.4 Å². The van der Waals surface area contributed by atoms with Crippen LogP contribution in [0, 0.1) is 23.5 Å². The summed E-state index contributed by atoms with van der Waals surface area (Å²) in [7, 11) is 0. The SMILES string of the molecule is O=C(c1ccc2c(ccn2-c2ccc(F)c(F)c2)c1)N1CC(C2CCN(C(=O)c3ccc[nH]3)CC2)C1. The van der Waals surface area contributed by atoms with Crippen LogP contribution in [0.15, 0.2) is 67.0 Å². The molecule has 6 rings (SSSR count). The number of carbonyl (C=O) groups is 2. The van der Waals surface area contributed by atoms with Crippen molar-refractivity contribution in [3.8, 4) is 5.69 Å². The highest BCUT2D eigenvalue weighted by Gasteiger charge is 2.38. The van der Waals surface area contributed by atoms with Crippen LogP contribution in [-0.2, 0) is 0 Å². The lowest BCUT2D eigenvalue weighted by Crippen LogP contribution is -2.54. The molecule has 4 aromatic rings. The third-order valence-corrected chi connectivity index (χ3v) is 7.64. The molecular weight excluding hydrogens is 462 g/mol. The highest BCUT2D eigenvalue weighted by atomic mass is 19.2. The molecule has 1 N–H and O–H groups in total. The van der Waals surface area contributed by atoms with Crippen LogP contribution in [0.5, 0.6) is 0 Å². The van der Waals surface area contributed by atoms with E-state index in [0.29, 0.717) is 28.8 Å². The van der Waals surface area contributed by atoms with E-state index in [1.807, 2.05) is 34.1 Å². The number of likely N-dealkylation sites (tertiary alicyclic amines) is 2. The Balaban J connectivity index is 1.07. The predicted molar refractivity (Wildman–Crippen MR) is 132 cm³/mol. The maximum atomic E-state index is 13.7. The second-order valence-corrected chi connectivity index (χ2v) is 9.74. The molecule has 6 nitrogen and oxygen atoms in total. The van der Waals surface area contributed by atoms with Crippen molar-refractivity contribution >= 4 is 22.7 Å². The van der Waals surface area contributed by atoms with Crippen molar-refractivity contribution in [3.05, 3.63) is 89.9 Å². The molecule has 8 heteroatoms. The van der Waals surface area contributed by atoms with Gasteiger partial charge in [-0.15, -0.1) is 0 Å². The van der Waals surface area contributed by atoms with Gasteiger partial charge in [0.2, 0.25) is 0 Å². The largest absolute Gasteiger partial charge is 0.357 e. The Morgan fingerprint density at radius 1 is 0.833 bits per heavy atom. The summed E-state index contributed by atoms with van der Waals surface area (Å²) in [5, 5.41) is 0.863. The third-order valence-electron chi connectivity index (χ3n) is 7.64. The first-order valence-corrected chi connectivity index (χ1v) is 12.3. The number of hydrogen-bond acceptors (Lipinski definition) is 2. The standard InChI is InChI=1S/C28H26F2N4O2/c29-23-5-4-22(15-24(23)30)34-13-9-19-14-20(3-6-26(19)34)27(35)33-16-21(17-33)18-7-11-32(12-8-18)28(36)25-2-1-10-31-25/h1-6,9-10,13-15,18,21,31H,7-8,11-12,16-17H2. The average molecular weight is 489 g/mol. The van der Waals surface area contributed by atoms with Crippen LogP contribution >= 0.6 is 0 Å². The number of hydrogen-bond donors (Lipinski definition) is 1. The van der Waals surface area contributed by atoms with E-state index in [1.54, 1.807) is 29.1 Å². The molecule has 36 heavy (non-hydrogen) atoms. The molecule has 0 bridgehead atoms. The summed E-state index contributed by atoms with van der Waals surface area (Å²) in [5.74, 6) is -0.729. The average Bonchev–Trinajstić information content (AvgIpc) is 3.55. The Morgan fingerprint density at radius 2 is 1.64 bits per heavy atom. The topological polar surface area (TPSA) is 61.3 Å². The summed E-state index contributed by atoms with van der Waals surface area (Å²) in [5.41, 5.74) is 2.59. The molecule has 2 aromatic carbocycles. The second kappa shape index (κ2) is 8.93. The Hall–Kier alpha value is -3.94. The van der Waals surface area contributed by atoms with Gasteiger partial charge in [0.1, 0.15) is 5.69 Å². The quantitative estimate of drug-likeness (QED) is 0.446. The van der Waals surface area contributed by atoms with Crippen molar-refractivity contribution in [2.24, 2.45) is 11.8 Å². The fraction of sp³-hybridized carbons (Fsp3) is 0.286. The van der Waals surface area contributed by atoms with Crippen molar-refractivity contribution in [2.45, 2.75) is 12.8 Å². The number of H-pyrrole nitrogens is 1. The highest BCUT2D eigenvalue weighted by Crippen LogP contribution is 2.33. The lowest BCUT2D eigenvalue weighted by Gasteiger charge is -2.46. The van der Waals surface area contributed by atoms with Gasteiger partial charge in [0.15, 0.2) is 11.6 Å². The molecule has 2 fully saturated rings. The van der Waals surface area contributed by atoms with Crippen LogP contribution in [0.1, 0.15) is 33.7 Å². The van der Waals surface area contributed by atoms with Gasteiger partial charge in [-0.3, -0.25) is 9.59 Å². The van der Waals surface area contributed by atoms with Gasteiger partial charge >= 0.3 is 0 Å². The molecule has 2 aliphatic rings. The molecular formula is C28H26F2N4O2. The van der Waals surface area contributed by atoms with Crippen molar-refractivity contribution in [1.29, 1.82) is 0 Å². The van der Waals surface area contributed by atoms with E-state index in [4.69, 9.17) is 0 Å². The zero-order chi connectivity index (χ0) is 24.8. The molecule has 0 radical (unpaired) electrons. The number of fused-ring (bicyclic) bond motifs is 1. The third kappa shape index (κ3) is 3.96. The van der Waals surface area contributed by atoms with Crippen LogP contribution in [0.4, 0.5) is 8.78 Å². The zero-order valence-electron chi connectivity index (χ0n) is 19.7. The van der Waals surface area contributed by atoms with Crippen LogP contribution < -0.4 is 0 Å². The van der Waals surface area contributed by atoms with E-state index in [0.717, 1.165) is 62.1 Å². The first kappa shape index (κ1) is 22.5. The molecule has 0 saturated carbocycles. The number of amides is 2. The van der Waals surface area contributed by atoms with E-state index >= 15 is 0 Å². The van der Waals surface area contributed by atoms with E-state index in [9.17, 15) is 18.4 Å². The van der Waals surface area contributed by atoms with Gasteiger partial charge in [0.05, 0.1) is 5.52 Å². The van der Waals surface area contributed by atoms with Crippen LogP contribution in [-0.4, -0.2) is 57.3 Å².